The largest absolute Gasteiger partial charge is 0.311 e. The van der Waals surface area contributed by atoms with Crippen molar-refractivity contribution in [2.24, 2.45) is 11.8 Å². The van der Waals surface area contributed by atoms with Gasteiger partial charge < -0.3 is 5.32 Å². The van der Waals surface area contributed by atoms with Crippen molar-refractivity contribution in [2.45, 2.75) is 51.6 Å². The van der Waals surface area contributed by atoms with Crippen molar-refractivity contribution < 1.29 is 4.39 Å². The van der Waals surface area contributed by atoms with E-state index in [1.807, 2.05) is 0 Å². The van der Waals surface area contributed by atoms with Crippen LogP contribution in [0.5, 0.6) is 0 Å². The minimum absolute atomic E-state index is 0.174. The molecule has 0 aromatic carbocycles. The maximum atomic E-state index is 12.4. The van der Waals surface area contributed by atoms with Gasteiger partial charge in [-0.05, 0) is 37.5 Å². The Balaban J connectivity index is 1.86. The standard InChI is InChI=1S/C14H27FN2/c1-11(2)8-13-9-16-14(12-4-5-12)10-17(13)7-3-6-15/h11-14,16H,3-10H2,1-2H3. The smallest absolute Gasteiger partial charge is 0.0906 e. The van der Waals surface area contributed by atoms with Crippen molar-refractivity contribution in [1.82, 2.24) is 10.2 Å². The monoisotopic (exact) mass is 242 g/mol. The quantitative estimate of drug-likeness (QED) is 0.769. The summed E-state index contributed by atoms with van der Waals surface area (Å²) < 4.78 is 12.4. The average Bonchev–Trinajstić information content (AvgIpc) is 3.11. The van der Waals surface area contributed by atoms with E-state index in [-0.39, 0.29) is 6.67 Å². The molecule has 3 heteroatoms. The molecular formula is C14H27FN2. The Morgan fingerprint density at radius 3 is 2.71 bits per heavy atom. The van der Waals surface area contributed by atoms with Crippen LogP contribution in [-0.4, -0.2) is 43.3 Å². The first-order chi connectivity index (χ1) is 8.20. The lowest BCUT2D eigenvalue weighted by Gasteiger charge is -2.41. The van der Waals surface area contributed by atoms with Crippen LogP contribution in [0.15, 0.2) is 0 Å². The number of nitrogens with one attached hydrogen (secondary N) is 1. The Kier molecular flexibility index (Phi) is 4.80. The van der Waals surface area contributed by atoms with E-state index >= 15 is 0 Å². The molecule has 2 aliphatic rings. The summed E-state index contributed by atoms with van der Waals surface area (Å²) in [6, 6.07) is 1.30. The molecule has 0 amide bonds. The van der Waals surface area contributed by atoms with Gasteiger partial charge in [0.15, 0.2) is 0 Å². The summed E-state index contributed by atoms with van der Waals surface area (Å²) >= 11 is 0. The maximum Gasteiger partial charge on any atom is 0.0906 e. The summed E-state index contributed by atoms with van der Waals surface area (Å²) in [7, 11) is 0. The molecule has 2 atom stereocenters. The van der Waals surface area contributed by atoms with E-state index in [0.29, 0.717) is 18.5 Å². The number of rotatable bonds is 6. The molecule has 0 spiro atoms. The first kappa shape index (κ1) is 13.3. The minimum Gasteiger partial charge on any atom is -0.311 e. The highest BCUT2D eigenvalue weighted by Gasteiger charge is 2.36. The van der Waals surface area contributed by atoms with E-state index in [4.69, 9.17) is 0 Å². The zero-order valence-electron chi connectivity index (χ0n) is 11.3. The minimum atomic E-state index is -0.174. The van der Waals surface area contributed by atoms with Crippen molar-refractivity contribution in [3.63, 3.8) is 0 Å². The van der Waals surface area contributed by atoms with Crippen molar-refractivity contribution in [3.05, 3.63) is 0 Å². The molecule has 0 aromatic heterocycles. The van der Waals surface area contributed by atoms with Gasteiger partial charge in [0.25, 0.3) is 0 Å². The second-order valence-electron chi connectivity index (χ2n) is 6.17. The van der Waals surface area contributed by atoms with E-state index in [0.717, 1.165) is 31.5 Å². The fourth-order valence-corrected chi connectivity index (χ4v) is 3.01. The first-order valence-electron chi connectivity index (χ1n) is 7.24. The van der Waals surface area contributed by atoms with Gasteiger partial charge in [0.1, 0.15) is 0 Å². The molecule has 17 heavy (non-hydrogen) atoms. The van der Waals surface area contributed by atoms with Crippen LogP contribution < -0.4 is 5.32 Å². The molecule has 0 bridgehead atoms. The molecule has 1 aliphatic heterocycles. The van der Waals surface area contributed by atoms with Crippen LogP contribution in [0.2, 0.25) is 0 Å². The zero-order chi connectivity index (χ0) is 12.3. The van der Waals surface area contributed by atoms with E-state index in [1.54, 1.807) is 0 Å². The maximum absolute atomic E-state index is 12.4. The van der Waals surface area contributed by atoms with Crippen LogP contribution in [0.1, 0.15) is 39.5 Å². The van der Waals surface area contributed by atoms with Gasteiger partial charge in [-0.3, -0.25) is 9.29 Å². The molecule has 1 heterocycles. The van der Waals surface area contributed by atoms with Crippen molar-refractivity contribution in [2.75, 3.05) is 26.3 Å². The molecule has 100 valence electrons. The fourth-order valence-electron chi connectivity index (χ4n) is 3.01. The third-order valence-corrected chi connectivity index (χ3v) is 4.08. The molecule has 1 aliphatic carbocycles. The molecule has 2 fully saturated rings. The molecule has 2 unspecified atom stereocenters. The number of piperazine rings is 1. The second-order valence-corrected chi connectivity index (χ2v) is 6.17. The lowest BCUT2D eigenvalue weighted by molar-refractivity contribution is 0.103. The normalized spacial score (nSPS) is 31.1. The SMILES string of the molecule is CC(C)CC1CNC(C2CC2)CN1CCCF. The molecule has 2 rings (SSSR count). The fraction of sp³-hybridized carbons (Fsp3) is 1.00. The third kappa shape index (κ3) is 3.92. The number of halogens is 1. The van der Waals surface area contributed by atoms with Crippen LogP contribution in [0.4, 0.5) is 4.39 Å². The number of hydrogen-bond donors (Lipinski definition) is 1. The van der Waals surface area contributed by atoms with E-state index < -0.39 is 0 Å². The lowest BCUT2D eigenvalue weighted by Crippen LogP contribution is -2.57. The molecule has 1 N–H and O–H groups in total. The Morgan fingerprint density at radius 2 is 2.12 bits per heavy atom. The summed E-state index contributed by atoms with van der Waals surface area (Å²) in [4.78, 5) is 2.54. The van der Waals surface area contributed by atoms with Crippen molar-refractivity contribution in [1.29, 1.82) is 0 Å². The molecule has 2 nitrogen and oxygen atoms in total. The van der Waals surface area contributed by atoms with E-state index in [2.05, 4.69) is 24.1 Å². The molecule has 0 aromatic rings. The predicted octanol–water partition coefficient (Wildman–Crippen LogP) is 2.44. The van der Waals surface area contributed by atoms with Gasteiger partial charge in [0.2, 0.25) is 0 Å². The molecule has 0 radical (unpaired) electrons. The summed E-state index contributed by atoms with van der Waals surface area (Å²) in [6.07, 6.45) is 4.72. The first-order valence-corrected chi connectivity index (χ1v) is 7.24. The highest BCUT2D eigenvalue weighted by molar-refractivity contribution is 4.94. The van der Waals surface area contributed by atoms with Crippen LogP contribution in [0.3, 0.4) is 0 Å². The lowest BCUT2D eigenvalue weighted by atomic mass is 9.97. The molecule has 1 saturated carbocycles. The van der Waals surface area contributed by atoms with Gasteiger partial charge in [0, 0.05) is 31.7 Å². The Labute approximate surface area is 105 Å². The highest BCUT2D eigenvalue weighted by Crippen LogP contribution is 2.34. The summed E-state index contributed by atoms with van der Waals surface area (Å²) in [5.74, 6) is 1.63. The van der Waals surface area contributed by atoms with Crippen molar-refractivity contribution in [3.8, 4) is 0 Å². The Morgan fingerprint density at radius 1 is 1.35 bits per heavy atom. The third-order valence-electron chi connectivity index (χ3n) is 4.08. The van der Waals surface area contributed by atoms with Crippen LogP contribution in [-0.2, 0) is 0 Å². The van der Waals surface area contributed by atoms with Gasteiger partial charge in [-0.1, -0.05) is 13.8 Å². The summed E-state index contributed by atoms with van der Waals surface area (Å²) in [5.41, 5.74) is 0. The van der Waals surface area contributed by atoms with Crippen molar-refractivity contribution >= 4 is 0 Å². The summed E-state index contributed by atoms with van der Waals surface area (Å²) in [5, 5.41) is 3.71. The molecular weight excluding hydrogens is 215 g/mol. The van der Waals surface area contributed by atoms with Gasteiger partial charge in [-0.25, -0.2) is 0 Å². The number of nitrogens with zero attached hydrogens (tertiary/aromatic N) is 1. The van der Waals surface area contributed by atoms with Crippen LogP contribution in [0, 0.1) is 11.8 Å². The van der Waals surface area contributed by atoms with Gasteiger partial charge in [-0.2, -0.15) is 0 Å². The Bertz CT molecular complexity index is 228. The van der Waals surface area contributed by atoms with E-state index in [9.17, 15) is 4.39 Å². The number of alkyl halides is 1. The zero-order valence-corrected chi connectivity index (χ0v) is 11.3. The summed E-state index contributed by atoms with van der Waals surface area (Å²) in [6.45, 7) is 7.57. The van der Waals surface area contributed by atoms with Gasteiger partial charge >= 0.3 is 0 Å². The Hall–Kier alpha value is -0.150. The average molecular weight is 242 g/mol. The highest BCUT2D eigenvalue weighted by atomic mass is 19.1. The number of hydrogen-bond acceptors (Lipinski definition) is 2. The van der Waals surface area contributed by atoms with Gasteiger partial charge in [-0.15, -0.1) is 0 Å². The topological polar surface area (TPSA) is 15.3 Å². The van der Waals surface area contributed by atoms with Gasteiger partial charge in [0.05, 0.1) is 6.67 Å². The molecule has 1 saturated heterocycles. The van der Waals surface area contributed by atoms with Crippen LogP contribution >= 0.6 is 0 Å². The van der Waals surface area contributed by atoms with E-state index in [1.165, 1.54) is 19.3 Å². The second kappa shape index (κ2) is 6.14. The predicted molar refractivity (Wildman–Crippen MR) is 69.9 cm³/mol. The van der Waals surface area contributed by atoms with Crippen LogP contribution in [0.25, 0.3) is 0 Å².